The van der Waals surface area contributed by atoms with Crippen LogP contribution in [0.3, 0.4) is 0 Å². The van der Waals surface area contributed by atoms with Crippen molar-refractivity contribution in [3.63, 3.8) is 0 Å². The van der Waals surface area contributed by atoms with Crippen molar-refractivity contribution < 1.29 is 0 Å². The van der Waals surface area contributed by atoms with E-state index in [1.54, 1.807) is 0 Å². The Hall–Kier alpha value is -0.100. The Morgan fingerprint density at radius 2 is 2.07 bits per heavy atom. The fraction of sp³-hybridized carbons (Fsp3) is 0.600. The Morgan fingerprint density at radius 1 is 1.40 bits per heavy atom. The van der Waals surface area contributed by atoms with Crippen LogP contribution in [0.25, 0.3) is 0 Å². The number of anilines is 1. The van der Waals surface area contributed by atoms with Gasteiger partial charge in [0, 0.05) is 29.1 Å². The maximum Gasteiger partial charge on any atom is 0.225 e. The monoisotopic (exact) mass is 337 g/mol. The van der Waals surface area contributed by atoms with Gasteiger partial charge in [-0.2, -0.15) is 0 Å². The van der Waals surface area contributed by atoms with E-state index in [0.717, 1.165) is 29.0 Å². The Labute approximate surface area is 108 Å². The Kier molecular flexibility index (Phi) is 3.66. The lowest BCUT2D eigenvalue weighted by atomic mass is 10.0. The lowest BCUT2D eigenvalue weighted by molar-refractivity contribution is 0.447. The van der Waals surface area contributed by atoms with Gasteiger partial charge in [-0.05, 0) is 34.9 Å². The number of piperidine rings is 1. The summed E-state index contributed by atoms with van der Waals surface area (Å²) in [7, 11) is 0. The summed E-state index contributed by atoms with van der Waals surface area (Å²) in [6.07, 6.45) is 4.76. The van der Waals surface area contributed by atoms with Crippen molar-refractivity contribution in [2.75, 3.05) is 18.0 Å². The van der Waals surface area contributed by atoms with Crippen LogP contribution in [-0.4, -0.2) is 28.4 Å². The molecule has 2 unspecified atom stereocenters. The van der Waals surface area contributed by atoms with Gasteiger partial charge < -0.3 is 4.90 Å². The molecule has 82 valence electrons. The average molecular weight is 338 g/mol. The quantitative estimate of drug-likeness (QED) is 0.582. The Balaban J connectivity index is 2.12. The maximum absolute atomic E-state index is 6.19. The van der Waals surface area contributed by atoms with Crippen molar-refractivity contribution in [3.05, 3.63) is 16.0 Å². The number of aromatic nitrogens is 2. The van der Waals surface area contributed by atoms with Crippen molar-refractivity contribution in [1.82, 2.24) is 9.97 Å². The van der Waals surface area contributed by atoms with Gasteiger partial charge in [0.1, 0.15) is 0 Å². The number of hydrogen-bond acceptors (Lipinski definition) is 3. The third-order valence-corrected chi connectivity index (χ3v) is 3.37. The van der Waals surface area contributed by atoms with Gasteiger partial charge in [0.15, 0.2) is 0 Å². The van der Waals surface area contributed by atoms with Gasteiger partial charge in [0.05, 0.1) is 5.38 Å². The third kappa shape index (κ3) is 2.93. The van der Waals surface area contributed by atoms with Crippen LogP contribution >= 0.6 is 34.2 Å². The number of halogens is 2. The molecule has 0 amide bonds. The first-order chi connectivity index (χ1) is 7.15. The first kappa shape index (κ1) is 11.4. The van der Waals surface area contributed by atoms with Crippen LogP contribution in [0.1, 0.15) is 13.3 Å². The molecule has 0 bridgehead atoms. The standard InChI is InChI=1S/C10H13ClIN3/c1-7-2-8(11)6-15(5-7)10-13-3-9(12)4-14-10/h3-4,7-8H,2,5-6H2,1H3. The summed E-state index contributed by atoms with van der Waals surface area (Å²) < 4.78 is 1.06. The molecule has 15 heavy (non-hydrogen) atoms. The normalized spacial score (nSPS) is 26.7. The Morgan fingerprint density at radius 3 is 2.67 bits per heavy atom. The molecule has 1 aliphatic heterocycles. The molecule has 1 aromatic heterocycles. The second kappa shape index (κ2) is 4.82. The van der Waals surface area contributed by atoms with E-state index in [1.165, 1.54) is 0 Å². The van der Waals surface area contributed by atoms with Crippen LogP contribution in [0.15, 0.2) is 12.4 Å². The SMILES string of the molecule is CC1CC(Cl)CN(c2ncc(I)cn2)C1. The molecule has 1 fully saturated rings. The van der Waals surface area contributed by atoms with Gasteiger partial charge in [-0.3, -0.25) is 0 Å². The van der Waals surface area contributed by atoms with Crippen molar-refractivity contribution in [1.29, 1.82) is 0 Å². The van der Waals surface area contributed by atoms with E-state index in [4.69, 9.17) is 11.6 Å². The molecule has 0 spiro atoms. The number of alkyl halides is 1. The van der Waals surface area contributed by atoms with Gasteiger partial charge in [0.25, 0.3) is 0 Å². The highest BCUT2D eigenvalue weighted by Gasteiger charge is 2.24. The van der Waals surface area contributed by atoms with Crippen molar-refractivity contribution >= 4 is 40.1 Å². The number of rotatable bonds is 1. The molecule has 1 aliphatic rings. The maximum atomic E-state index is 6.19. The number of nitrogens with zero attached hydrogens (tertiary/aromatic N) is 3. The topological polar surface area (TPSA) is 29.0 Å². The molecule has 5 heteroatoms. The van der Waals surface area contributed by atoms with Crippen LogP contribution in [0.4, 0.5) is 5.95 Å². The predicted molar refractivity (Wildman–Crippen MR) is 70.4 cm³/mol. The minimum atomic E-state index is 0.219. The summed E-state index contributed by atoms with van der Waals surface area (Å²) in [6.45, 7) is 4.07. The fourth-order valence-electron chi connectivity index (χ4n) is 1.91. The largest absolute Gasteiger partial charge is 0.339 e. The van der Waals surface area contributed by atoms with E-state index < -0.39 is 0 Å². The van der Waals surface area contributed by atoms with Gasteiger partial charge in [-0.1, -0.05) is 6.92 Å². The van der Waals surface area contributed by atoms with E-state index in [1.807, 2.05) is 12.4 Å². The highest BCUT2D eigenvalue weighted by Crippen LogP contribution is 2.23. The summed E-state index contributed by atoms with van der Waals surface area (Å²) in [6, 6.07) is 0. The van der Waals surface area contributed by atoms with Crippen LogP contribution in [0, 0.1) is 9.49 Å². The van der Waals surface area contributed by atoms with E-state index in [0.29, 0.717) is 5.92 Å². The molecule has 0 aromatic carbocycles. The van der Waals surface area contributed by atoms with E-state index >= 15 is 0 Å². The molecular formula is C10H13ClIN3. The smallest absolute Gasteiger partial charge is 0.225 e. The summed E-state index contributed by atoms with van der Waals surface area (Å²) >= 11 is 8.39. The highest BCUT2D eigenvalue weighted by molar-refractivity contribution is 14.1. The van der Waals surface area contributed by atoms with E-state index in [9.17, 15) is 0 Å². The van der Waals surface area contributed by atoms with Crippen molar-refractivity contribution in [2.24, 2.45) is 5.92 Å². The molecule has 2 atom stereocenters. The van der Waals surface area contributed by atoms with Crippen molar-refractivity contribution in [2.45, 2.75) is 18.7 Å². The zero-order chi connectivity index (χ0) is 10.8. The molecule has 0 saturated carbocycles. The summed E-state index contributed by atoms with van der Waals surface area (Å²) in [5.74, 6) is 1.41. The van der Waals surface area contributed by atoms with Crippen LogP contribution in [0.5, 0.6) is 0 Å². The van der Waals surface area contributed by atoms with E-state index in [2.05, 4.69) is 44.4 Å². The van der Waals surface area contributed by atoms with Crippen LogP contribution < -0.4 is 4.90 Å². The average Bonchev–Trinajstić information content (AvgIpc) is 2.17. The predicted octanol–water partition coefficient (Wildman–Crippen LogP) is 2.53. The molecule has 1 saturated heterocycles. The molecule has 1 aromatic rings. The zero-order valence-corrected chi connectivity index (χ0v) is 11.4. The molecule has 0 radical (unpaired) electrons. The minimum absolute atomic E-state index is 0.219. The van der Waals surface area contributed by atoms with E-state index in [-0.39, 0.29) is 5.38 Å². The van der Waals surface area contributed by atoms with Crippen molar-refractivity contribution in [3.8, 4) is 0 Å². The third-order valence-electron chi connectivity index (χ3n) is 2.50. The molecule has 3 nitrogen and oxygen atoms in total. The highest BCUT2D eigenvalue weighted by atomic mass is 127. The Bertz CT molecular complexity index is 320. The van der Waals surface area contributed by atoms with Gasteiger partial charge >= 0.3 is 0 Å². The second-order valence-electron chi connectivity index (χ2n) is 4.04. The van der Waals surface area contributed by atoms with Gasteiger partial charge in [-0.25, -0.2) is 9.97 Å². The zero-order valence-electron chi connectivity index (χ0n) is 8.53. The number of hydrogen-bond donors (Lipinski definition) is 0. The molecule has 2 rings (SSSR count). The van der Waals surface area contributed by atoms with Gasteiger partial charge in [0.2, 0.25) is 5.95 Å². The fourth-order valence-corrected chi connectivity index (χ4v) is 2.66. The molecule has 0 aliphatic carbocycles. The molecule has 2 heterocycles. The first-order valence-electron chi connectivity index (χ1n) is 5.01. The first-order valence-corrected chi connectivity index (χ1v) is 6.53. The van der Waals surface area contributed by atoms with Crippen LogP contribution in [-0.2, 0) is 0 Å². The lowest BCUT2D eigenvalue weighted by Crippen LogP contribution is -2.41. The second-order valence-corrected chi connectivity index (χ2v) is 5.91. The summed E-state index contributed by atoms with van der Waals surface area (Å²) in [5, 5.41) is 0.219. The summed E-state index contributed by atoms with van der Waals surface area (Å²) in [4.78, 5) is 10.8. The minimum Gasteiger partial charge on any atom is -0.339 e. The molecule has 0 N–H and O–H groups in total. The molecular weight excluding hydrogens is 324 g/mol. The van der Waals surface area contributed by atoms with Crippen LogP contribution in [0.2, 0.25) is 0 Å². The lowest BCUT2D eigenvalue weighted by Gasteiger charge is -2.33. The van der Waals surface area contributed by atoms with Gasteiger partial charge in [-0.15, -0.1) is 11.6 Å². The summed E-state index contributed by atoms with van der Waals surface area (Å²) in [5.41, 5.74) is 0.